The fourth-order valence-electron chi connectivity index (χ4n) is 4.21. The summed E-state index contributed by atoms with van der Waals surface area (Å²) < 4.78 is 5.45. The number of carbonyl (C=O) groups is 1. The first-order valence-electron chi connectivity index (χ1n) is 11.6. The molecule has 1 fully saturated rings. The molecule has 2 heterocycles. The van der Waals surface area contributed by atoms with Gasteiger partial charge in [-0.2, -0.15) is 0 Å². The third-order valence-corrected chi connectivity index (χ3v) is 7.07. The van der Waals surface area contributed by atoms with E-state index < -0.39 is 0 Å². The standard InChI is InChI=1S/C27H28N4O2S/c1-19(21-11-10-20-6-2-3-7-22(20)16-21)28-26(32)18-34-27-23-8-4-5-9-24(23)29-25(30-27)17-31-12-14-33-15-13-31/h2-11,16,19H,12-15,17-18H2,1H3,(H,28,32). The summed E-state index contributed by atoms with van der Waals surface area (Å²) in [6.45, 7) is 5.96. The minimum Gasteiger partial charge on any atom is -0.379 e. The second-order valence-electron chi connectivity index (χ2n) is 8.54. The number of fused-ring (bicyclic) bond motifs is 2. The van der Waals surface area contributed by atoms with Gasteiger partial charge < -0.3 is 10.1 Å². The van der Waals surface area contributed by atoms with E-state index in [-0.39, 0.29) is 11.9 Å². The maximum atomic E-state index is 12.8. The number of thioether (sulfide) groups is 1. The van der Waals surface area contributed by atoms with E-state index in [0.29, 0.717) is 12.3 Å². The first kappa shape index (κ1) is 22.8. The smallest absolute Gasteiger partial charge is 0.230 e. The Kier molecular flexibility index (Phi) is 7.04. The molecule has 1 N–H and O–H groups in total. The first-order chi connectivity index (χ1) is 16.7. The fraction of sp³-hybridized carbons (Fsp3) is 0.296. The van der Waals surface area contributed by atoms with Gasteiger partial charge >= 0.3 is 0 Å². The van der Waals surface area contributed by atoms with Gasteiger partial charge in [0.15, 0.2) is 0 Å². The highest BCUT2D eigenvalue weighted by Crippen LogP contribution is 2.26. The summed E-state index contributed by atoms with van der Waals surface area (Å²) in [5, 5.41) is 7.34. The number of benzene rings is 3. The van der Waals surface area contributed by atoms with E-state index in [2.05, 4.69) is 40.5 Å². The van der Waals surface area contributed by atoms with Gasteiger partial charge in [0.2, 0.25) is 5.91 Å². The van der Waals surface area contributed by atoms with Crippen molar-refractivity contribution in [2.45, 2.75) is 24.5 Å². The molecule has 5 rings (SSSR count). The van der Waals surface area contributed by atoms with Gasteiger partial charge in [-0.25, -0.2) is 9.97 Å². The third kappa shape index (κ3) is 5.38. The summed E-state index contributed by atoms with van der Waals surface area (Å²) in [6, 6.07) is 22.5. The Morgan fingerprint density at radius 3 is 2.65 bits per heavy atom. The zero-order chi connectivity index (χ0) is 23.3. The predicted octanol–water partition coefficient (Wildman–Crippen LogP) is 4.58. The fourth-order valence-corrected chi connectivity index (χ4v) is 5.06. The van der Waals surface area contributed by atoms with Crippen molar-refractivity contribution in [1.29, 1.82) is 0 Å². The van der Waals surface area contributed by atoms with E-state index in [4.69, 9.17) is 14.7 Å². The lowest BCUT2D eigenvalue weighted by Crippen LogP contribution is -2.36. The molecular weight excluding hydrogens is 444 g/mol. The number of nitrogens with one attached hydrogen (secondary N) is 1. The lowest BCUT2D eigenvalue weighted by Gasteiger charge is -2.25. The number of hydrogen-bond acceptors (Lipinski definition) is 6. The average molecular weight is 473 g/mol. The maximum absolute atomic E-state index is 12.8. The molecule has 0 saturated carbocycles. The summed E-state index contributed by atoms with van der Waals surface area (Å²) in [7, 11) is 0. The second kappa shape index (κ2) is 10.5. The Morgan fingerprint density at radius 2 is 1.79 bits per heavy atom. The van der Waals surface area contributed by atoms with Crippen LogP contribution in [0.25, 0.3) is 21.7 Å². The summed E-state index contributed by atoms with van der Waals surface area (Å²) in [5.41, 5.74) is 2.01. The van der Waals surface area contributed by atoms with Crippen LogP contribution in [0.5, 0.6) is 0 Å². The molecule has 1 aliphatic rings. The van der Waals surface area contributed by atoms with Gasteiger partial charge in [0.1, 0.15) is 10.9 Å². The molecule has 1 saturated heterocycles. The van der Waals surface area contributed by atoms with Crippen LogP contribution in [0.1, 0.15) is 24.4 Å². The van der Waals surface area contributed by atoms with Crippen LogP contribution in [0.2, 0.25) is 0 Å². The summed E-state index contributed by atoms with van der Waals surface area (Å²) in [5.74, 6) is 1.08. The van der Waals surface area contributed by atoms with Crippen molar-refractivity contribution in [3.05, 3.63) is 78.1 Å². The molecule has 1 aromatic heterocycles. The molecule has 34 heavy (non-hydrogen) atoms. The second-order valence-corrected chi connectivity index (χ2v) is 9.50. The topological polar surface area (TPSA) is 67.4 Å². The number of amides is 1. The number of hydrogen-bond donors (Lipinski definition) is 1. The Bertz CT molecular complexity index is 1310. The number of aromatic nitrogens is 2. The van der Waals surface area contributed by atoms with Crippen molar-refractivity contribution < 1.29 is 9.53 Å². The van der Waals surface area contributed by atoms with Crippen LogP contribution in [-0.4, -0.2) is 52.8 Å². The zero-order valence-corrected chi connectivity index (χ0v) is 20.1. The van der Waals surface area contributed by atoms with E-state index in [1.165, 1.54) is 22.5 Å². The normalized spacial score (nSPS) is 15.4. The van der Waals surface area contributed by atoms with Gasteiger partial charge in [0.05, 0.1) is 37.1 Å². The lowest BCUT2D eigenvalue weighted by molar-refractivity contribution is -0.119. The van der Waals surface area contributed by atoms with Gasteiger partial charge in [0, 0.05) is 18.5 Å². The Hall–Kier alpha value is -3.00. The molecule has 0 spiro atoms. The molecule has 0 radical (unpaired) electrons. The Balaban J connectivity index is 1.27. The highest BCUT2D eigenvalue weighted by molar-refractivity contribution is 8.00. The van der Waals surface area contributed by atoms with Crippen molar-refractivity contribution in [1.82, 2.24) is 20.2 Å². The number of rotatable bonds is 7. The highest BCUT2D eigenvalue weighted by atomic mass is 32.2. The molecule has 1 unspecified atom stereocenters. The molecule has 1 atom stereocenters. The molecule has 0 bridgehead atoms. The van der Waals surface area contributed by atoms with E-state index in [0.717, 1.165) is 53.6 Å². The van der Waals surface area contributed by atoms with E-state index in [1.54, 1.807) is 0 Å². The van der Waals surface area contributed by atoms with Crippen molar-refractivity contribution in [2.24, 2.45) is 0 Å². The number of para-hydroxylation sites is 1. The van der Waals surface area contributed by atoms with Crippen LogP contribution in [0.3, 0.4) is 0 Å². The van der Waals surface area contributed by atoms with Crippen LogP contribution in [-0.2, 0) is 16.1 Å². The maximum Gasteiger partial charge on any atom is 0.230 e. The minimum atomic E-state index is -0.0725. The number of ether oxygens (including phenoxy) is 1. The number of carbonyl (C=O) groups excluding carboxylic acids is 1. The highest BCUT2D eigenvalue weighted by Gasteiger charge is 2.16. The third-order valence-electron chi connectivity index (χ3n) is 6.07. The predicted molar refractivity (Wildman–Crippen MR) is 137 cm³/mol. The van der Waals surface area contributed by atoms with Crippen molar-refractivity contribution in [2.75, 3.05) is 32.1 Å². The van der Waals surface area contributed by atoms with Gasteiger partial charge in [-0.15, -0.1) is 0 Å². The molecule has 1 aliphatic heterocycles. The van der Waals surface area contributed by atoms with Crippen LogP contribution < -0.4 is 5.32 Å². The summed E-state index contributed by atoms with van der Waals surface area (Å²) >= 11 is 1.47. The molecule has 0 aliphatic carbocycles. The molecular formula is C27H28N4O2S. The monoisotopic (exact) mass is 472 g/mol. The molecule has 7 heteroatoms. The largest absolute Gasteiger partial charge is 0.379 e. The minimum absolute atomic E-state index is 0.0110. The molecule has 1 amide bonds. The first-order valence-corrected chi connectivity index (χ1v) is 12.6. The molecule has 6 nitrogen and oxygen atoms in total. The van der Waals surface area contributed by atoms with Crippen molar-refractivity contribution >= 4 is 39.3 Å². The zero-order valence-electron chi connectivity index (χ0n) is 19.2. The number of morpholine rings is 1. The van der Waals surface area contributed by atoms with Crippen molar-refractivity contribution in [3.63, 3.8) is 0 Å². The van der Waals surface area contributed by atoms with Crippen LogP contribution in [0.15, 0.2) is 71.8 Å². The molecule has 174 valence electrons. The van der Waals surface area contributed by atoms with Gasteiger partial charge in [0.25, 0.3) is 0 Å². The Labute approximate surface area is 203 Å². The van der Waals surface area contributed by atoms with E-state index in [9.17, 15) is 4.79 Å². The molecule has 4 aromatic rings. The number of nitrogens with zero attached hydrogens (tertiary/aromatic N) is 3. The SMILES string of the molecule is CC(NC(=O)CSc1nc(CN2CCOCC2)nc2ccccc12)c1ccc2ccccc2c1. The van der Waals surface area contributed by atoms with Crippen LogP contribution in [0.4, 0.5) is 0 Å². The summed E-state index contributed by atoms with van der Waals surface area (Å²) in [6.07, 6.45) is 0. The van der Waals surface area contributed by atoms with Crippen LogP contribution >= 0.6 is 11.8 Å². The lowest BCUT2D eigenvalue weighted by atomic mass is 10.0. The van der Waals surface area contributed by atoms with Crippen LogP contribution in [0, 0.1) is 0 Å². The van der Waals surface area contributed by atoms with E-state index >= 15 is 0 Å². The molecule has 3 aromatic carbocycles. The van der Waals surface area contributed by atoms with Gasteiger partial charge in [-0.1, -0.05) is 66.4 Å². The van der Waals surface area contributed by atoms with Gasteiger partial charge in [-0.05, 0) is 35.4 Å². The van der Waals surface area contributed by atoms with E-state index in [1.807, 2.05) is 43.3 Å². The van der Waals surface area contributed by atoms with Crippen molar-refractivity contribution in [3.8, 4) is 0 Å². The quantitative estimate of drug-likeness (QED) is 0.314. The average Bonchev–Trinajstić information content (AvgIpc) is 2.87. The summed E-state index contributed by atoms with van der Waals surface area (Å²) in [4.78, 5) is 24.7. The Morgan fingerprint density at radius 1 is 1.03 bits per heavy atom. The van der Waals surface area contributed by atoms with Gasteiger partial charge in [-0.3, -0.25) is 9.69 Å².